The van der Waals surface area contributed by atoms with E-state index in [4.69, 9.17) is 23.7 Å². The second-order valence-corrected chi connectivity index (χ2v) is 8.13. The van der Waals surface area contributed by atoms with Gasteiger partial charge in [-0.1, -0.05) is 11.6 Å². The molecule has 4 rings (SSSR count). The van der Waals surface area contributed by atoms with Crippen LogP contribution in [-0.4, -0.2) is 15.0 Å². The Morgan fingerprint density at radius 1 is 0.533 bits per heavy atom. The summed E-state index contributed by atoms with van der Waals surface area (Å²) in [6.07, 6.45) is 0. The van der Waals surface area contributed by atoms with Gasteiger partial charge in [0.2, 0.25) is 17.5 Å². The molecule has 3 aromatic rings. The van der Waals surface area contributed by atoms with Crippen LogP contribution in [0.3, 0.4) is 0 Å². The third-order valence-electron chi connectivity index (χ3n) is 5.91. The number of pyridine rings is 3. The van der Waals surface area contributed by atoms with Gasteiger partial charge in [0.15, 0.2) is 40.5 Å². The summed E-state index contributed by atoms with van der Waals surface area (Å²) in [6.45, 7) is 14.4. The van der Waals surface area contributed by atoms with Crippen LogP contribution >= 0.6 is 0 Å². The number of nitrogens with zero attached hydrogens (tertiary/aromatic N) is 9. The minimum atomic E-state index is -2.26. The molecule has 0 N–H and O–H groups in total. The van der Waals surface area contributed by atoms with E-state index in [1.165, 1.54) is 0 Å². The van der Waals surface area contributed by atoms with E-state index in [0.717, 1.165) is 24.3 Å². The minimum Gasteiger partial charge on any atom is -0.358 e. The lowest BCUT2D eigenvalue weighted by Gasteiger charge is -2.06. The summed E-state index contributed by atoms with van der Waals surface area (Å²) in [5.74, 6) is -20.8. The predicted octanol–water partition coefficient (Wildman–Crippen LogP) is 6.02. The molecule has 0 aromatic carbocycles. The quantitative estimate of drug-likeness (QED) is 0.151. The highest BCUT2D eigenvalue weighted by atomic mass is 19.2. The first kappa shape index (κ1) is 30.9. The van der Waals surface area contributed by atoms with E-state index >= 15 is 13.2 Å². The van der Waals surface area contributed by atoms with Crippen LogP contribution in [0.4, 0.5) is 45.3 Å². The Morgan fingerprint density at radius 3 is 1.33 bits per heavy atom. The molecule has 216 valence electrons. The van der Waals surface area contributed by atoms with Crippen molar-refractivity contribution >= 4 is 22.7 Å². The molecule has 0 saturated heterocycles. The summed E-state index contributed by atoms with van der Waals surface area (Å²) in [5, 5.41) is 37.8. The Hall–Kier alpha value is -7.02. The number of allylic oxidation sites excluding steroid dienone is 5. The van der Waals surface area contributed by atoms with E-state index in [-0.39, 0.29) is 0 Å². The van der Waals surface area contributed by atoms with Gasteiger partial charge in [0.1, 0.15) is 24.3 Å². The molecule has 45 heavy (non-hydrogen) atoms. The smallest absolute Gasteiger partial charge is 0.339 e. The van der Waals surface area contributed by atoms with Gasteiger partial charge in [0.05, 0.1) is 34.4 Å². The van der Waals surface area contributed by atoms with Crippen LogP contribution in [0.15, 0.2) is 16.7 Å². The molecule has 1 aliphatic rings. The summed E-state index contributed by atoms with van der Waals surface area (Å²) in [4.78, 5) is 13.4. The number of hydrogen-bond donors (Lipinski definition) is 0. The van der Waals surface area contributed by atoms with Gasteiger partial charge in [0.25, 0.3) is 5.95 Å². The van der Waals surface area contributed by atoms with Gasteiger partial charge in [0, 0.05) is 0 Å². The maximum Gasteiger partial charge on any atom is 0.339 e. The fourth-order valence-corrected chi connectivity index (χ4v) is 4.03. The van der Waals surface area contributed by atoms with Gasteiger partial charge in [-0.2, -0.15) is 38.6 Å². The van der Waals surface area contributed by atoms with E-state index in [9.17, 15) is 36.9 Å². The summed E-state index contributed by atoms with van der Waals surface area (Å²) in [7, 11) is 0. The lowest BCUT2D eigenvalue weighted by molar-refractivity contribution is 0.459. The number of rotatable bonds is 3. The highest BCUT2D eigenvalue weighted by molar-refractivity contribution is 6.11. The zero-order chi connectivity index (χ0) is 33.5. The molecular weight excluding hydrogens is 621 g/mol. The standard InChI is InChI=1S/C27F9N9/c1-41-23(16-18(29)10(6-40)44-25(35)21(16)32)15-11(7(3-37)13-17(28)9(5-39)43-24(34)19(13)30)12(15)8(4-38)14-20(31)26(36)45-27(42-2)22(14)33/b11-7+,12-8-,23-15-. The Bertz CT molecular complexity index is 2010. The van der Waals surface area contributed by atoms with Crippen molar-refractivity contribution in [3.63, 3.8) is 0 Å². The first-order chi connectivity index (χ1) is 21.3. The molecular formula is C27F9N9. The second-order valence-electron chi connectivity index (χ2n) is 8.13. The van der Waals surface area contributed by atoms with Crippen molar-refractivity contribution in [3.05, 3.63) is 120 Å². The average Bonchev–Trinajstić information content (AvgIpc) is 3.74. The van der Waals surface area contributed by atoms with E-state index in [1.54, 1.807) is 0 Å². The van der Waals surface area contributed by atoms with Crippen LogP contribution < -0.4 is 0 Å². The third-order valence-corrected chi connectivity index (χ3v) is 5.91. The third kappa shape index (κ3) is 4.62. The molecule has 0 radical (unpaired) electrons. The van der Waals surface area contributed by atoms with Crippen LogP contribution in [-0.2, 0) is 0 Å². The molecule has 18 heteroatoms. The lowest BCUT2D eigenvalue weighted by Crippen LogP contribution is -2.05. The van der Waals surface area contributed by atoms with E-state index in [0.29, 0.717) is 0 Å². The molecule has 1 saturated carbocycles. The van der Waals surface area contributed by atoms with E-state index in [1.807, 2.05) is 0 Å². The highest BCUT2D eigenvalue weighted by Crippen LogP contribution is 2.57. The van der Waals surface area contributed by atoms with Crippen LogP contribution in [0.5, 0.6) is 0 Å². The number of nitriles is 4. The molecule has 3 aromatic heterocycles. The number of halogens is 9. The molecule has 0 atom stereocenters. The molecule has 3 heterocycles. The first-order valence-corrected chi connectivity index (χ1v) is 11.1. The SMILES string of the molecule is [C-]#[N+]/C(=C1/C(=C(\C#N)c2c(F)c(F)nc(C#N)c2F)/C1=C(\C#N)c1c(F)c(F)nc([N+]#[C-])c1F)c1c(F)c(F)nc(C#N)c1F. The van der Waals surface area contributed by atoms with Gasteiger partial charge in [-0.25, -0.2) is 36.8 Å². The van der Waals surface area contributed by atoms with E-state index < -0.39 is 120 Å². The zero-order valence-corrected chi connectivity index (χ0v) is 20.9. The van der Waals surface area contributed by atoms with Crippen molar-refractivity contribution < 1.29 is 39.5 Å². The highest BCUT2D eigenvalue weighted by Gasteiger charge is 2.45. The largest absolute Gasteiger partial charge is 0.358 e. The fraction of sp³-hybridized carbons (Fsp3) is 0. The van der Waals surface area contributed by atoms with Crippen molar-refractivity contribution in [1.29, 1.82) is 21.0 Å². The van der Waals surface area contributed by atoms with Gasteiger partial charge < -0.3 is 4.85 Å². The molecule has 0 unspecified atom stereocenters. The Balaban J connectivity index is 2.36. The molecule has 0 aliphatic heterocycles. The summed E-state index contributed by atoms with van der Waals surface area (Å²) >= 11 is 0. The number of hydrogen-bond acceptors (Lipinski definition) is 7. The van der Waals surface area contributed by atoms with Crippen molar-refractivity contribution in [3.8, 4) is 24.3 Å². The Kier molecular flexibility index (Phi) is 7.79. The zero-order valence-electron chi connectivity index (χ0n) is 20.9. The maximum absolute atomic E-state index is 15.1. The first-order valence-electron chi connectivity index (χ1n) is 11.1. The summed E-state index contributed by atoms with van der Waals surface area (Å²) in [5.41, 5.74) is -15.9. The van der Waals surface area contributed by atoms with Crippen molar-refractivity contribution in [1.82, 2.24) is 15.0 Å². The van der Waals surface area contributed by atoms with Gasteiger partial charge in [-0.15, -0.1) is 0 Å². The van der Waals surface area contributed by atoms with Crippen molar-refractivity contribution in [2.24, 2.45) is 0 Å². The second kappa shape index (κ2) is 11.3. The van der Waals surface area contributed by atoms with Gasteiger partial charge in [-0.3, -0.25) is 0 Å². The normalized spacial score (nSPS) is 15.0. The average molecular weight is 621 g/mol. The van der Waals surface area contributed by atoms with Gasteiger partial charge >= 0.3 is 11.8 Å². The fourth-order valence-electron chi connectivity index (χ4n) is 4.03. The maximum atomic E-state index is 15.1. The topological polar surface area (TPSA) is 143 Å². The monoisotopic (exact) mass is 621 g/mol. The lowest BCUT2D eigenvalue weighted by atomic mass is 10.0. The molecule has 1 aliphatic carbocycles. The Morgan fingerprint density at radius 2 is 0.933 bits per heavy atom. The van der Waals surface area contributed by atoms with Crippen LogP contribution in [0.2, 0.25) is 0 Å². The van der Waals surface area contributed by atoms with Crippen molar-refractivity contribution in [2.45, 2.75) is 0 Å². The van der Waals surface area contributed by atoms with Crippen LogP contribution in [0, 0.1) is 111 Å². The molecule has 9 nitrogen and oxygen atoms in total. The predicted molar refractivity (Wildman–Crippen MR) is 127 cm³/mol. The summed E-state index contributed by atoms with van der Waals surface area (Å²) in [6, 6.07) is 4.41. The number of aromatic nitrogens is 3. The Labute approximate surface area is 243 Å². The molecule has 1 fully saturated rings. The molecule has 0 spiro atoms. The van der Waals surface area contributed by atoms with Crippen LogP contribution in [0.1, 0.15) is 28.1 Å². The van der Waals surface area contributed by atoms with Crippen LogP contribution in [0.25, 0.3) is 26.5 Å². The molecule has 0 amide bonds. The van der Waals surface area contributed by atoms with Gasteiger partial charge in [-0.05, 0) is 16.7 Å². The minimum absolute atomic E-state index is 1.05. The van der Waals surface area contributed by atoms with Crippen molar-refractivity contribution in [2.75, 3.05) is 0 Å². The summed E-state index contributed by atoms with van der Waals surface area (Å²) < 4.78 is 133. The van der Waals surface area contributed by atoms with E-state index in [2.05, 4.69) is 24.6 Å². The molecule has 0 bridgehead atoms.